The standard InChI is InChI=1S/C13H6N6O8/c20-16(21)8-3-1-7(2-4-8)15-10-5-9(17(22)23)6-11(18(24)25)12(10)13(14-15)19(26)27/h1-6H. The number of nitro benzene ring substituents is 3. The van der Waals surface area contributed by atoms with Crippen LogP contribution in [0.25, 0.3) is 16.6 Å². The molecule has 2 aromatic carbocycles. The lowest BCUT2D eigenvalue weighted by molar-refractivity contribution is -0.396. The van der Waals surface area contributed by atoms with Gasteiger partial charge < -0.3 is 10.1 Å². The average molecular weight is 374 g/mol. The molecule has 0 unspecified atom stereocenters. The topological polar surface area (TPSA) is 190 Å². The summed E-state index contributed by atoms with van der Waals surface area (Å²) in [6, 6.07) is 6.12. The average Bonchev–Trinajstić information content (AvgIpc) is 3.00. The smallest absolute Gasteiger partial charge is 0.358 e. The largest absolute Gasteiger partial charge is 0.405 e. The maximum Gasteiger partial charge on any atom is 0.405 e. The fourth-order valence-electron chi connectivity index (χ4n) is 2.48. The van der Waals surface area contributed by atoms with E-state index in [1.54, 1.807) is 0 Å². The summed E-state index contributed by atoms with van der Waals surface area (Å²) in [5, 5.41) is 47.6. The third kappa shape index (κ3) is 2.86. The highest BCUT2D eigenvalue weighted by Crippen LogP contribution is 2.38. The lowest BCUT2D eigenvalue weighted by Crippen LogP contribution is -1.99. The first-order valence-corrected chi connectivity index (χ1v) is 6.95. The van der Waals surface area contributed by atoms with Crippen molar-refractivity contribution in [3.8, 4) is 5.69 Å². The summed E-state index contributed by atoms with van der Waals surface area (Å²) in [7, 11) is 0. The van der Waals surface area contributed by atoms with Gasteiger partial charge in [0.25, 0.3) is 17.1 Å². The molecule has 3 rings (SSSR count). The summed E-state index contributed by atoms with van der Waals surface area (Å²) in [5.74, 6) is -0.870. The molecule has 0 radical (unpaired) electrons. The van der Waals surface area contributed by atoms with Gasteiger partial charge in [0.15, 0.2) is 5.39 Å². The zero-order valence-corrected chi connectivity index (χ0v) is 12.9. The number of benzene rings is 2. The molecule has 0 amide bonds. The van der Waals surface area contributed by atoms with Crippen molar-refractivity contribution in [1.82, 2.24) is 9.78 Å². The molecular weight excluding hydrogens is 368 g/mol. The van der Waals surface area contributed by atoms with Crippen molar-refractivity contribution in [2.45, 2.75) is 0 Å². The van der Waals surface area contributed by atoms with Crippen molar-refractivity contribution in [2.24, 2.45) is 0 Å². The Morgan fingerprint density at radius 3 is 1.81 bits per heavy atom. The fourth-order valence-corrected chi connectivity index (χ4v) is 2.48. The van der Waals surface area contributed by atoms with Crippen LogP contribution in [0, 0.1) is 40.5 Å². The van der Waals surface area contributed by atoms with E-state index in [1.165, 1.54) is 12.1 Å². The molecule has 1 aromatic heterocycles. The second-order valence-electron chi connectivity index (χ2n) is 5.14. The molecule has 3 aromatic rings. The zero-order valence-electron chi connectivity index (χ0n) is 12.9. The second-order valence-corrected chi connectivity index (χ2v) is 5.14. The molecule has 1 heterocycles. The third-order valence-electron chi connectivity index (χ3n) is 3.61. The fraction of sp³-hybridized carbons (Fsp3) is 0. The first kappa shape index (κ1) is 17.3. The summed E-state index contributed by atoms with van der Waals surface area (Å²) in [5.41, 5.74) is -1.93. The highest BCUT2D eigenvalue weighted by molar-refractivity contribution is 5.98. The van der Waals surface area contributed by atoms with Crippen molar-refractivity contribution in [2.75, 3.05) is 0 Å². The number of hydrogen-bond acceptors (Lipinski definition) is 9. The monoisotopic (exact) mass is 374 g/mol. The minimum absolute atomic E-state index is 0.0912. The quantitative estimate of drug-likeness (QED) is 0.477. The van der Waals surface area contributed by atoms with Crippen LogP contribution in [-0.2, 0) is 0 Å². The van der Waals surface area contributed by atoms with Gasteiger partial charge in [-0.05, 0) is 17.1 Å². The van der Waals surface area contributed by atoms with Gasteiger partial charge in [0.1, 0.15) is 5.52 Å². The molecule has 0 aliphatic carbocycles. The van der Waals surface area contributed by atoms with E-state index < -0.39 is 42.3 Å². The van der Waals surface area contributed by atoms with Crippen LogP contribution in [0.3, 0.4) is 0 Å². The van der Waals surface area contributed by atoms with Crippen LogP contribution in [0.5, 0.6) is 0 Å². The highest BCUT2D eigenvalue weighted by Gasteiger charge is 2.33. The lowest BCUT2D eigenvalue weighted by atomic mass is 10.2. The second kappa shape index (κ2) is 6.10. The Morgan fingerprint density at radius 1 is 0.741 bits per heavy atom. The number of rotatable bonds is 5. The molecule has 14 heteroatoms. The van der Waals surface area contributed by atoms with Crippen LogP contribution in [-0.4, -0.2) is 29.5 Å². The van der Waals surface area contributed by atoms with E-state index in [0.717, 1.165) is 22.9 Å². The predicted molar refractivity (Wildman–Crippen MR) is 87.7 cm³/mol. The maximum absolute atomic E-state index is 11.3. The number of non-ortho nitro benzene ring substituents is 3. The molecule has 0 saturated carbocycles. The van der Waals surface area contributed by atoms with Crippen molar-refractivity contribution >= 4 is 33.8 Å². The molecule has 0 N–H and O–H groups in total. The lowest BCUT2D eigenvalue weighted by Gasteiger charge is -2.00. The molecule has 0 fully saturated rings. The summed E-state index contributed by atoms with van der Waals surface area (Å²) >= 11 is 0. The molecule has 0 atom stereocenters. The Morgan fingerprint density at radius 2 is 1.33 bits per heavy atom. The molecule has 27 heavy (non-hydrogen) atoms. The maximum atomic E-state index is 11.3. The number of nitro groups is 4. The first-order chi connectivity index (χ1) is 12.7. The summed E-state index contributed by atoms with van der Waals surface area (Å²) in [6.45, 7) is 0. The van der Waals surface area contributed by atoms with Crippen molar-refractivity contribution in [3.63, 3.8) is 0 Å². The summed E-state index contributed by atoms with van der Waals surface area (Å²) in [6.07, 6.45) is 0. The SMILES string of the molecule is O=[N+]([O-])c1ccc(-n2nc([N+](=O)[O-])c3c([N+](=O)[O-])cc([N+](=O)[O-])cc32)cc1. The van der Waals surface area contributed by atoms with Crippen LogP contribution < -0.4 is 0 Å². The van der Waals surface area contributed by atoms with Gasteiger partial charge in [0, 0.05) is 18.2 Å². The van der Waals surface area contributed by atoms with Crippen LogP contribution in [0.2, 0.25) is 0 Å². The Bertz CT molecular complexity index is 1140. The molecule has 136 valence electrons. The third-order valence-corrected chi connectivity index (χ3v) is 3.61. The van der Waals surface area contributed by atoms with Gasteiger partial charge in [-0.3, -0.25) is 30.3 Å². The van der Waals surface area contributed by atoms with Gasteiger partial charge in [0.2, 0.25) is 0 Å². The van der Waals surface area contributed by atoms with Gasteiger partial charge in [0.05, 0.1) is 31.6 Å². The molecule has 0 aliphatic heterocycles. The van der Waals surface area contributed by atoms with Crippen LogP contribution in [0.1, 0.15) is 0 Å². The number of aromatic nitrogens is 2. The Kier molecular flexibility index (Phi) is 3.92. The number of fused-ring (bicyclic) bond motifs is 1. The van der Waals surface area contributed by atoms with Crippen molar-refractivity contribution in [3.05, 3.63) is 76.9 Å². The van der Waals surface area contributed by atoms with Gasteiger partial charge >= 0.3 is 5.82 Å². The summed E-state index contributed by atoms with van der Waals surface area (Å²) in [4.78, 5) is 40.9. The first-order valence-electron chi connectivity index (χ1n) is 6.95. The number of nitrogens with zero attached hydrogens (tertiary/aromatic N) is 6. The van der Waals surface area contributed by atoms with E-state index in [2.05, 4.69) is 5.10 Å². The molecule has 0 aliphatic rings. The predicted octanol–water partition coefficient (Wildman–Crippen LogP) is 2.66. The van der Waals surface area contributed by atoms with Gasteiger partial charge in [-0.2, -0.15) is 0 Å². The molecule has 0 saturated heterocycles. The van der Waals surface area contributed by atoms with Crippen LogP contribution in [0.4, 0.5) is 22.9 Å². The minimum atomic E-state index is -0.982. The van der Waals surface area contributed by atoms with Gasteiger partial charge in [-0.1, -0.05) is 0 Å². The minimum Gasteiger partial charge on any atom is -0.358 e. The van der Waals surface area contributed by atoms with Crippen LogP contribution in [0.15, 0.2) is 36.4 Å². The van der Waals surface area contributed by atoms with Crippen LogP contribution >= 0.6 is 0 Å². The molecular formula is C13H6N6O8. The van der Waals surface area contributed by atoms with E-state index in [4.69, 9.17) is 0 Å². The zero-order chi connectivity index (χ0) is 19.9. The van der Waals surface area contributed by atoms with Crippen molar-refractivity contribution < 1.29 is 19.7 Å². The van der Waals surface area contributed by atoms with Crippen molar-refractivity contribution in [1.29, 1.82) is 0 Å². The van der Waals surface area contributed by atoms with E-state index in [9.17, 15) is 40.5 Å². The molecule has 14 nitrogen and oxygen atoms in total. The molecule has 0 bridgehead atoms. The van der Waals surface area contributed by atoms with Gasteiger partial charge in [-0.15, -0.1) is 4.68 Å². The highest BCUT2D eigenvalue weighted by atomic mass is 16.6. The van der Waals surface area contributed by atoms with E-state index in [1.807, 2.05) is 0 Å². The van der Waals surface area contributed by atoms with Gasteiger partial charge in [-0.25, -0.2) is 0 Å². The van der Waals surface area contributed by atoms with E-state index in [0.29, 0.717) is 6.07 Å². The Hall–Kier alpha value is -4.49. The number of hydrogen-bond donors (Lipinski definition) is 0. The Labute approximate surface area is 146 Å². The van der Waals surface area contributed by atoms with E-state index >= 15 is 0 Å². The van der Waals surface area contributed by atoms with E-state index in [-0.39, 0.29) is 16.9 Å². The normalized spacial score (nSPS) is 10.7. The Balaban J connectivity index is 2.39. The summed E-state index contributed by atoms with van der Waals surface area (Å²) < 4.78 is 0.886. The molecule has 0 spiro atoms.